The monoisotopic (exact) mass is 241 g/mol. The lowest BCUT2D eigenvalue weighted by Crippen LogP contribution is -1.99. The van der Waals surface area contributed by atoms with Crippen molar-refractivity contribution in [2.45, 2.75) is 11.0 Å². The van der Waals surface area contributed by atoms with Crippen molar-refractivity contribution in [3.8, 4) is 11.5 Å². The standard InChI is InChI=1S/C11H12O2S2/c1-4-14-11(15-5-1)8-2-3-9-10(6-8)13-7-12-9/h2-3,6,11H,1,4-5,7H2/i11D. The summed E-state index contributed by atoms with van der Waals surface area (Å²) < 4.78 is 18.5. The summed E-state index contributed by atoms with van der Waals surface area (Å²) in [6.07, 6.45) is 1.19. The van der Waals surface area contributed by atoms with Gasteiger partial charge < -0.3 is 9.47 Å². The van der Waals surface area contributed by atoms with E-state index in [1.54, 1.807) is 23.5 Å². The molecular weight excluding hydrogens is 228 g/mol. The van der Waals surface area contributed by atoms with Crippen LogP contribution in [-0.2, 0) is 0 Å². The van der Waals surface area contributed by atoms with Crippen molar-refractivity contribution in [1.29, 1.82) is 0 Å². The third-order valence-electron chi connectivity index (χ3n) is 2.36. The Hall–Kier alpha value is -0.480. The normalized spacial score (nSPS) is 23.6. The fraction of sp³-hybridized carbons (Fsp3) is 0.455. The van der Waals surface area contributed by atoms with E-state index in [9.17, 15) is 0 Å². The predicted octanol–water partition coefficient (Wildman–Crippen LogP) is 3.28. The molecule has 0 bridgehead atoms. The van der Waals surface area contributed by atoms with E-state index in [0.717, 1.165) is 28.6 Å². The molecule has 80 valence electrons. The van der Waals surface area contributed by atoms with Gasteiger partial charge in [-0.1, -0.05) is 6.07 Å². The van der Waals surface area contributed by atoms with Crippen molar-refractivity contribution in [2.75, 3.05) is 18.3 Å². The smallest absolute Gasteiger partial charge is 0.231 e. The second-order valence-corrected chi connectivity index (χ2v) is 5.87. The Morgan fingerprint density at radius 3 is 2.87 bits per heavy atom. The van der Waals surface area contributed by atoms with Crippen molar-refractivity contribution in [3.05, 3.63) is 23.8 Å². The van der Waals surface area contributed by atoms with Gasteiger partial charge in [0.25, 0.3) is 0 Å². The molecule has 0 spiro atoms. The highest BCUT2D eigenvalue weighted by molar-refractivity contribution is 8.16. The molecule has 0 N–H and O–H groups in total. The van der Waals surface area contributed by atoms with E-state index in [2.05, 4.69) is 0 Å². The number of benzene rings is 1. The van der Waals surface area contributed by atoms with E-state index >= 15 is 0 Å². The van der Waals surface area contributed by atoms with Crippen LogP contribution in [0.3, 0.4) is 0 Å². The van der Waals surface area contributed by atoms with Gasteiger partial charge in [0.1, 0.15) is 0 Å². The highest BCUT2D eigenvalue weighted by atomic mass is 32.2. The van der Waals surface area contributed by atoms with Gasteiger partial charge in [-0.3, -0.25) is 0 Å². The molecular formula is C11H12O2S2. The highest BCUT2D eigenvalue weighted by Crippen LogP contribution is 2.46. The summed E-state index contributed by atoms with van der Waals surface area (Å²) in [5, 5.41) is 0. The third kappa shape index (κ3) is 1.93. The number of ether oxygens (including phenoxy) is 2. The van der Waals surface area contributed by atoms with Crippen molar-refractivity contribution in [1.82, 2.24) is 0 Å². The Morgan fingerprint density at radius 1 is 1.20 bits per heavy atom. The summed E-state index contributed by atoms with van der Waals surface area (Å²) in [6, 6.07) is 5.83. The molecule has 1 aromatic carbocycles. The Bertz CT molecular complexity index is 405. The Balaban J connectivity index is 1.93. The SMILES string of the molecule is [2H]C1(c2ccc3c(c2)OCO3)SCCCS1. The molecule has 0 radical (unpaired) electrons. The van der Waals surface area contributed by atoms with Gasteiger partial charge >= 0.3 is 0 Å². The molecule has 1 saturated heterocycles. The summed E-state index contributed by atoms with van der Waals surface area (Å²) in [5.41, 5.74) is 1.01. The van der Waals surface area contributed by atoms with Crippen molar-refractivity contribution < 1.29 is 10.8 Å². The van der Waals surface area contributed by atoms with Gasteiger partial charge in [-0.05, 0) is 35.6 Å². The van der Waals surface area contributed by atoms with Crippen LogP contribution in [0.25, 0.3) is 0 Å². The van der Waals surface area contributed by atoms with Crippen LogP contribution < -0.4 is 9.47 Å². The van der Waals surface area contributed by atoms with Crippen LogP contribution in [0.2, 0.25) is 0 Å². The van der Waals surface area contributed by atoms with Gasteiger partial charge in [0, 0.05) is 0 Å². The molecule has 0 saturated carbocycles. The van der Waals surface area contributed by atoms with E-state index in [1.165, 1.54) is 6.42 Å². The summed E-state index contributed by atoms with van der Waals surface area (Å²) in [4.78, 5) is 0. The maximum Gasteiger partial charge on any atom is 0.231 e. The van der Waals surface area contributed by atoms with Crippen LogP contribution in [0.1, 0.15) is 17.9 Å². The molecule has 2 aliphatic heterocycles. The van der Waals surface area contributed by atoms with Crippen LogP contribution in [0.15, 0.2) is 18.2 Å². The average molecular weight is 241 g/mol. The Kier molecular flexibility index (Phi) is 2.41. The van der Waals surface area contributed by atoms with Gasteiger partial charge in [0.2, 0.25) is 6.79 Å². The van der Waals surface area contributed by atoms with Crippen molar-refractivity contribution >= 4 is 23.5 Å². The Morgan fingerprint density at radius 2 is 2.00 bits per heavy atom. The first kappa shape index (κ1) is 8.65. The van der Waals surface area contributed by atoms with Crippen LogP contribution >= 0.6 is 23.5 Å². The first-order valence-corrected chi connectivity index (χ1v) is 6.93. The zero-order chi connectivity index (χ0) is 11.0. The Labute approximate surface area is 99.1 Å². The quantitative estimate of drug-likeness (QED) is 0.750. The number of fused-ring (bicyclic) bond motifs is 1. The van der Waals surface area contributed by atoms with Crippen LogP contribution in [-0.4, -0.2) is 18.3 Å². The maximum absolute atomic E-state index is 8.45. The molecule has 4 heteroatoms. The molecule has 2 nitrogen and oxygen atoms in total. The van der Waals surface area contributed by atoms with E-state index < -0.39 is 4.56 Å². The topological polar surface area (TPSA) is 18.5 Å². The molecule has 0 atom stereocenters. The zero-order valence-corrected chi connectivity index (χ0v) is 9.83. The average Bonchev–Trinajstić information content (AvgIpc) is 2.77. The van der Waals surface area contributed by atoms with Crippen molar-refractivity contribution in [2.24, 2.45) is 0 Å². The lowest BCUT2D eigenvalue weighted by Gasteiger charge is -2.21. The van der Waals surface area contributed by atoms with Gasteiger partial charge in [0.15, 0.2) is 11.5 Å². The predicted molar refractivity (Wildman–Crippen MR) is 64.8 cm³/mol. The second-order valence-electron chi connectivity index (χ2n) is 3.41. The third-order valence-corrected chi connectivity index (χ3v) is 5.05. The van der Waals surface area contributed by atoms with E-state index in [-0.39, 0.29) is 0 Å². The lowest BCUT2D eigenvalue weighted by atomic mass is 10.2. The molecule has 0 aliphatic carbocycles. The van der Waals surface area contributed by atoms with Crippen LogP contribution in [0.4, 0.5) is 0 Å². The summed E-state index contributed by atoms with van der Waals surface area (Å²) in [5.74, 6) is 3.68. The van der Waals surface area contributed by atoms with Gasteiger partial charge in [-0.15, -0.1) is 23.5 Å². The van der Waals surface area contributed by atoms with Gasteiger partial charge in [-0.25, -0.2) is 0 Å². The zero-order valence-electron chi connectivity index (χ0n) is 9.19. The summed E-state index contributed by atoms with van der Waals surface area (Å²) in [6.45, 7) is 0.296. The maximum atomic E-state index is 8.45. The molecule has 1 aromatic rings. The van der Waals surface area contributed by atoms with E-state index in [4.69, 9.17) is 10.8 Å². The van der Waals surface area contributed by atoms with Crippen molar-refractivity contribution in [3.63, 3.8) is 0 Å². The minimum absolute atomic E-state index is 0.296. The summed E-state index contributed by atoms with van der Waals surface area (Å²) >= 11 is 3.39. The van der Waals surface area contributed by atoms with E-state index in [1.807, 2.05) is 18.2 Å². The first-order valence-electron chi connectivity index (χ1n) is 5.46. The van der Waals surface area contributed by atoms with Crippen LogP contribution in [0, 0.1) is 0 Å². The largest absolute Gasteiger partial charge is 0.454 e. The minimum Gasteiger partial charge on any atom is -0.454 e. The second kappa shape index (κ2) is 4.18. The minimum atomic E-state index is -0.570. The number of rotatable bonds is 1. The molecule has 2 aliphatic rings. The fourth-order valence-electron chi connectivity index (χ4n) is 1.62. The van der Waals surface area contributed by atoms with E-state index in [0.29, 0.717) is 6.79 Å². The number of hydrogen-bond donors (Lipinski definition) is 0. The number of thioether (sulfide) groups is 2. The molecule has 15 heavy (non-hydrogen) atoms. The molecule has 2 heterocycles. The molecule has 1 fully saturated rings. The molecule has 0 unspecified atom stereocenters. The van der Waals surface area contributed by atoms with Gasteiger partial charge in [-0.2, -0.15) is 0 Å². The fourth-order valence-corrected chi connectivity index (χ4v) is 4.17. The first-order chi connectivity index (χ1) is 7.78. The number of hydrogen-bond acceptors (Lipinski definition) is 4. The summed E-state index contributed by atoms with van der Waals surface area (Å²) in [7, 11) is 0. The molecule has 0 aromatic heterocycles. The van der Waals surface area contributed by atoms with Gasteiger partial charge in [0.05, 0.1) is 5.93 Å². The van der Waals surface area contributed by atoms with Crippen LogP contribution in [0.5, 0.6) is 11.5 Å². The highest BCUT2D eigenvalue weighted by Gasteiger charge is 2.20. The lowest BCUT2D eigenvalue weighted by molar-refractivity contribution is 0.174. The molecule has 3 rings (SSSR count). The molecule has 0 amide bonds.